The number of hydrogen-bond acceptors (Lipinski definition) is 3. The second-order valence-corrected chi connectivity index (χ2v) is 4.25. The summed E-state index contributed by atoms with van der Waals surface area (Å²) in [5, 5.41) is 0. The standard InChI is InChI=1S/C12H9BrFNO2/c13-9-3-1-2-8(11(9)14)12(16)10-5-4-7(6-15)17-10/h1-5H,6,15H2. The maximum atomic E-state index is 13.7. The summed E-state index contributed by atoms with van der Waals surface area (Å²) in [5.74, 6) is -0.516. The highest BCUT2D eigenvalue weighted by atomic mass is 79.9. The third-order valence-corrected chi connectivity index (χ3v) is 2.90. The molecule has 0 aliphatic heterocycles. The minimum atomic E-state index is -0.594. The summed E-state index contributed by atoms with van der Waals surface area (Å²) in [5.41, 5.74) is 5.34. The van der Waals surface area contributed by atoms with E-state index in [4.69, 9.17) is 10.2 Å². The predicted octanol–water partition coefficient (Wildman–Crippen LogP) is 2.87. The SMILES string of the molecule is NCc1ccc(C(=O)c2cccc(Br)c2F)o1. The number of rotatable bonds is 3. The fraction of sp³-hybridized carbons (Fsp3) is 0.0833. The lowest BCUT2D eigenvalue weighted by Gasteiger charge is -2.01. The minimum Gasteiger partial charge on any atom is -0.456 e. The van der Waals surface area contributed by atoms with Crippen molar-refractivity contribution in [2.75, 3.05) is 0 Å². The topological polar surface area (TPSA) is 56.2 Å². The number of furan rings is 1. The van der Waals surface area contributed by atoms with E-state index < -0.39 is 11.6 Å². The summed E-state index contributed by atoms with van der Waals surface area (Å²) in [6.45, 7) is 0.203. The van der Waals surface area contributed by atoms with Crippen LogP contribution in [0.15, 0.2) is 39.2 Å². The molecule has 0 bridgehead atoms. The Hall–Kier alpha value is -1.46. The molecule has 0 aliphatic carbocycles. The first-order chi connectivity index (χ1) is 8.13. The van der Waals surface area contributed by atoms with Crippen molar-refractivity contribution in [3.8, 4) is 0 Å². The van der Waals surface area contributed by atoms with Gasteiger partial charge in [-0.05, 0) is 40.2 Å². The highest BCUT2D eigenvalue weighted by molar-refractivity contribution is 9.10. The van der Waals surface area contributed by atoms with E-state index in [2.05, 4.69) is 15.9 Å². The van der Waals surface area contributed by atoms with Gasteiger partial charge in [0.1, 0.15) is 11.6 Å². The molecular formula is C12H9BrFNO2. The molecule has 2 rings (SSSR count). The predicted molar refractivity (Wildman–Crippen MR) is 64.1 cm³/mol. The van der Waals surface area contributed by atoms with Gasteiger partial charge in [-0.25, -0.2) is 4.39 Å². The van der Waals surface area contributed by atoms with E-state index in [1.807, 2.05) is 0 Å². The molecule has 0 radical (unpaired) electrons. The highest BCUT2D eigenvalue weighted by Crippen LogP contribution is 2.21. The molecule has 0 amide bonds. The van der Waals surface area contributed by atoms with Crippen molar-refractivity contribution in [1.29, 1.82) is 0 Å². The highest BCUT2D eigenvalue weighted by Gasteiger charge is 2.18. The third-order valence-electron chi connectivity index (χ3n) is 2.28. The fourth-order valence-corrected chi connectivity index (χ4v) is 1.79. The Kier molecular flexibility index (Phi) is 3.40. The molecule has 0 saturated heterocycles. The molecular weight excluding hydrogens is 289 g/mol. The molecule has 5 heteroatoms. The van der Waals surface area contributed by atoms with Crippen LogP contribution >= 0.6 is 15.9 Å². The monoisotopic (exact) mass is 297 g/mol. The van der Waals surface area contributed by atoms with E-state index in [0.717, 1.165) is 0 Å². The number of benzene rings is 1. The van der Waals surface area contributed by atoms with Crippen molar-refractivity contribution in [3.05, 3.63) is 57.7 Å². The lowest BCUT2D eigenvalue weighted by atomic mass is 10.1. The van der Waals surface area contributed by atoms with E-state index in [1.165, 1.54) is 18.2 Å². The van der Waals surface area contributed by atoms with Crippen LogP contribution < -0.4 is 5.73 Å². The zero-order valence-electron chi connectivity index (χ0n) is 8.74. The Labute approximate surface area is 106 Å². The number of carbonyl (C=O) groups is 1. The molecule has 1 aromatic heterocycles. The van der Waals surface area contributed by atoms with Crippen molar-refractivity contribution >= 4 is 21.7 Å². The van der Waals surface area contributed by atoms with E-state index in [-0.39, 0.29) is 22.3 Å². The molecule has 0 aliphatic rings. The molecule has 1 aromatic carbocycles. The summed E-state index contributed by atoms with van der Waals surface area (Å²) in [6.07, 6.45) is 0. The first-order valence-electron chi connectivity index (χ1n) is 4.91. The molecule has 2 aromatic rings. The van der Waals surface area contributed by atoms with Gasteiger partial charge in [0.2, 0.25) is 5.78 Å². The Morgan fingerprint density at radius 3 is 2.76 bits per heavy atom. The number of carbonyl (C=O) groups excluding carboxylic acids is 1. The Morgan fingerprint density at radius 1 is 1.35 bits per heavy atom. The molecule has 0 unspecified atom stereocenters. The molecule has 0 saturated carbocycles. The summed E-state index contributed by atoms with van der Waals surface area (Å²) in [4.78, 5) is 12.0. The zero-order chi connectivity index (χ0) is 12.4. The third kappa shape index (κ3) is 2.30. The van der Waals surface area contributed by atoms with Gasteiger partial charge in [-0.3, -0.25) is 4.79 Å². The molecule has 3 nitrogen and oxygen atoms in total. The first-order valence-corrected chi connectivity index (χ1v) is 5.70. The van der Waals surface area contributed by atoms with Gasteiger partial charge in [0.05, 0.1) is 16.6 Å². The van der Waals surface area contributed by atoms with Gasteiger partial charge in [0.15, 0.2) is 5.76 Å². The average Bonchev–Trinajstić information content (AvgIpc) is 2.80. The van der Waals surface area contributed by atoms with Gasteiger partial charge >= 0.3 is 0 Å². The Balaban J connectivity index is 2.40. The summed E-state index contributed by atoms with van der Waals surface area (Å²) in [6, 6.07) is 7.62. The van der Waals surface area contributed by atoms with Crippen molar-refractivity contribution in [3.63, 3.8) is 0 Å². The molecule has 0 spiro atoms. The van der Waals surface area contributed by atoms with Crippen LogP contribution in [0.5, 0.6) is 0 Å². The van der Waals surface area contributed by atoms with E-state index in [0.29, 0.717) is 5.76 Å². The van der Waals surface area contributed by atoms with Crippen molar-refractivity contribution in [2.24, 2.45) is 5.73 Å². The molecule has 0 fully saturated rings. The number of nitrogens with two attached hydrogens (primary N) is 1. The molecule has 1 heterocycles. The van der Waals surface area contributed by atoms with Crippen molar-refractivity contribution in [1.82, 2.24) is 0 Å². The van der Waals surface area contributed by atoms with E-state index in [1.54, 1.807) is 12.1 Å². The summed E-state index contributed by atoms with van der Waals surface area (Å²) < 4.78 is 19.1. The largest absolute Gasteiger partial charge is 0.456 e. The van der Waals surface area contributed by atoms with Gasteiger partial charge in [-0.15, -0.1) is 0 Å². The van der Waals surface area contributed by atoms with Gasteiger partial charge in [0.25, 0.3) is 0 Å². The van der Waals surface area contributed by atoms with Crippen LogP contribution in [0.4, 0.5) is 4.39 Å². The van der Waals surface area contributed by atoms with Crippen LogP contribution in [0.2, 0.25) is 0 Å². The second kappa shape index (κ2) is 4.81. The van der Waals surface area contributed by atoms with E-state index >= 15 is 0 Å². The smallest absolute Gasteiger partial charge is 0.231 e. The number of halogens is 2. The number of hydrogen-bond donors (Lipinski definition) is 1. The van der Waals surface area contributed by atoms with Gasteiger partial charge < -0.3 is 10.2 Å². The van der Waals surface area contributed by atoms with Crippen molar-refractivity contribution < 1.29 is 13.6 Å². The fourth-order valence-electron chi connectivity index (χ4n) is 1.42. The maximum Gasteiger partial charge on any atom is 0.231 e. The van der Waals surface area contributed by atoms with Crippen molar-refractivity contribution in [2.45, 2.75) is 6.54 Å². The lowest BCUT2D eigenvalue weighted by Crippen LogP contribution is -2.03. The second-order valence-electron chi connectivity index (χ2n) is 3.40. The Morgan fingerprint density at radius 2 is 2.12 bits per heavy atom. The summed E-state index contributed by atoms with van der Waals surface area (Å²) in [7, 11) is 0. The maximum absolute atomic E-state index is 13.7. The molecule has 0 atom stereocenters. The Bertz CT molecular complexity index is 565. The van der Waals surface area contributed by atoms with Crippen LogP contribution in [0.25, 0.3) is 0 Å². The zero-order valence-corrected chi connectivity index (χ0v) is 10.3. The van der Waals surface area contributed by atoms with Crippen LogP contribution in [-0.4, -0.2) is 5.78 Å². The van der Waals surface area contributed by atoms with Gasteiger partial charge in [-0.2, -0.15) is 0 Å². The van der Waals surface area contributed by atoms with Crippen LogP contribution in [0, 0.1) is 5.82 Å². The number of ketones is 1. The van der Waals surface area contributed by atoms with Crippen LogP contribution in [-0.2, 0) is 6.54 Å². The minimum absolute atomic E-state index is 0.0303. The molecule has 88 valence electrons. The van der Waals surface area contributed by atoms with Gasteiger partial charge in [-0.1, -0.05) is 6.07 Å². The lowest BCUT2D eigenvalue weighted by molar-refractivity contribution is 0.100. The molecule has 17 heavy (non-hydrogen) atoms. The first kappa shape index (κ1) is 12.0. The normalized spacial score (nSPS) is 10.5. The van der Waals surface area contributed by atoms with Gasteiger partial charge in [0, 0.05) is 0 Å². The average molecular weight is 298 g/mol. The quantitative estimate of drug-likeness (QED) is 0.886. The summed E-state index contributed by atoms with van der Waals surface area (Å²) >= 11 is 3.03. The van der Waals surface area contributed by atoms with E-state index in [9.17, 15) is 9.18 Å². The molecule has 2 N–H and O–H groups in total. The van der Waals surface area contributed by atoms with Crippen LogP contribution in [0.1, 0.15) is 21.9 Å². The van der Waals surface area contributed by atoms with Crippen LogP contribution in [0.3, 0.4) is 0 Å².